The first-order chi connectivity index (χ1) is 11.5. The van der Waals surface area contributed by atoms with Gasteiger partial charge in [0.1, 0.15) is 12.4 Å². The van der Waals surface area contributed by atoms with Crippen LogP contribution in [0.5, 0.6) is 17.2 Å². The number of halogens is 1. The van der Waals surface area contributed by atoms with E-state index in [1.165, 1.54) is 7.11 Å². The summed E-state index contributed by atoms with van der Waals surface area (Å²) < 4.78 is 16.0. The molecule has 0 aliphatic rings. The van der Waals surface area contributed by atoms with Crippen molar-refractivity contribution in [1.82, 2.24) is 5.32 Å². The van der Waals surface area contributed by atoms with Gasteiger partial charge in [-0.3, -0.25) is 4.79 Å². The SMILES string of the molecule is COc1ccc(C(=O)NC(C)COc2ccccc2OC)cc1Cl. The van der Waals surface area contributed by atoms with Gasteiger partial charge in [-0.25, -0.2) is 0 Å². The lowest BCUT2D eigenvalue weighted by Gasteiger charge is -2.16. The Kier molecular flexibility index (Phi) is 6.32. The van der Waals surface area contributed by atoms with Gasteiger partial charge in [0.05, 0.1) is 25.3 Å². The first kappa shape index (κ1) is 17.9. The van der Waals surface area contributed by atoms with E-state index in [0.29, 0.717) is 34.4 Å². The van der Waals surface area contributed by atoms with Gasteiger partial charge in [-0.1, -0.05) is 23.7 Å². The Hall–Kier alpha value is -2.40. The van der Waals surface area contributed by atoms with Crippen LogP contribution in [-0.4, -0.2) is 32.8 Å². The van der Waals surface area contributed by atoms with Crippen LogP contribution in [0.3, 0.4) is 0 Å². The normalized spacial score (nSPS) is 11.5. The number of para-hydroxylation sites is 2. The van der Waals surface area contributed by atoms with E-state index in [1.807, 2.05) is 31.2 Å². The van der Waals surface area contributed by atoms with Crippen molar-refractivity contribution in [2.24, 2.45) is 0 Å². The van der Waals surface area contributed by atoms with Crippen molar-refractivity contribution < 1.29 is 19.0 Å². The van der Waals surface area contributed by atoms with E-state index in [2.05, 4.69) is 5.32 Å². The molecule has 2 rings (SSSR count). The minimum atomic E-state index is -0.226. The largest absolute Gasteiger partial charge is 0.495 e. The van der Waals surface area contributed by atoms with Crippen molar-refractivity contribution in [2.45, 2.75) is 13.0 Å². The zero-order chi connectivity index (χ0) is 17.5. The predicted molar refractivity (Wildman–Crippen MR) is 93.4 cm³/mol. The predicted octanol–water partition coefficient (Wildman–Crippen LogP) is 3.55. The Morgan fingerprint density at radius 1 is 1.08 bits per heavy atom. The second-order valence-corrected chi connectivity index (χ2v) is 5.59. The van der Waals surface area contributed by atoms with Crippen molar-refractivity contribution in [2.75, 3.05) is 20.8 Å². The monoisotopic (exact) mass is 349 g/mol. The fourth-order valence-electron chi connectivity index (χ4n) is 2.11. The van der Waals surface area contributed by atoms with Crippen LogP contribution in [0.25, 0.3) is 0 Å². The van der Waals surface area contributed by atoms with E-state index >= 15 is 0 Å². The summed E-state index contributed by atoms with van der Waals surface area (Å²) in [5, 5.41) is 3.26. The van der Waals surface area contributed by atoms with E-state index in [-0.39, 0.29) is 11.9 Å². The lowest BCUT2D eigenvalue weighted by molar-refractivity contribution is 0.0926. The topological polar surface area (TPSA) is 56.8 Å². The fourth-order valence-corrected chi connectivity index (χ4v) is 2.37. The quantitative estimate of drug-likeness (QED) is 0.830. The molecule has 0 saturated carbocycles. The molecule has 2 aromatic carbocycles. The molecule has 0 aliphatic carbocycles. The third-order valence-corrected chi connectivity index (χ3v) is 3.64. The molecule has 1 amide bonds. The number of nitrogens with one attached hydrogen (secondary N) is 1. The van der Waals surface area contributed by atoms with Gasteiger partial charge in [0.15, 0.2) is 11.5 Å². The molecule has 24 heavy (non-hydrogen) atoms. The molecule has 0 spiro atoms. The number of hydrogen-bond donors (Lipinski definition) is 1. The van der Waals surface area contributed by atoms with Gasteiger partial charge in [-0.2, -0.15) is 0 Å². The zero-order valence-electron chi connectivity index (χ0n) is 13.8. The number of hydrogen-bond acceptors (Lipinski definition) is 4. The minimum absolute atomic E-state index is 0.191. The highest BCUT2D eigenvalue weighted by molar-refractivity contribution is 6.32. The number of carbonyl (C=O) groups is 1. The maximum absolute atomic E-state index is 12.3. The summed E-state index contributed by atoms with van der Waals surface area (Å²) in [5.41, 5.74) is 0.463. The van der Waals surface area contributed by atoms with Gasteiger partial charge in [0, 0.05) is 5.56 Å². The molecule has 128 valence electrons. The van der Waals surface area contributed by atoms with Crippen LogP contribution in [0.4, 0.5) is 0 Å². The minimum Gasteiger partial charge on any atom is -0.495 e. The molecular weight excluding hydrogens is 330 g/mol. The Morgan fingerprint density at radius 2 is 1.75 bits per heavy atom. The molecule has 1 unspecified atom stereocenters. The molecule has 0 aromatic heterocycles. The second-order valence-electron chi connectivity index (χ2n) is 5.19. The maximum atomic E-state index is 12.3. The zero-order valence-corrected chi connectivity index (χ0v) is 14.6. The number of amides is 1. The van der Waals surface area contributed by atoms with Crippen LogP contribution in [0.1, 0.15) is 17.3 Å². The van der Waals surface area contributed by atoms with Crippen LogP contribution in [-0.2, 0) is 0 Å². The number of methoxy groups -OCH3 is 2. The molecule has 0 aliphatic heterocycles. The Balaban J connectivity index is 1.93. The fraction of sp³-hybridized carbons (Fsp3) is 0.278. The highest BCUT2D eigenvalue weighted by Gasteiger charge is 2.13. The van der Waals surface area contributed by atoms with Crippen molar-refractivity contribution in [3.63, 3.8) is 0 Å². The lowest BCUT2D eigenvalue weighted by atomic mass is 10.2. The summed E-state index contributed by atoms with van der Waals surface area (Å²) in [6.45, 7) is 2.18. The Bertz CT molecular complexity index is 705. The summed E-state index contributed by atoms with van der Waals surface area (Å²) in [5.74, 6) is 1.59. The van der Waals surface area contributed by atoms with Crippen LogP contribution in [0.2, 0.25) is 5.02 Å². The van der Waals surface area contributed by atoms with E-state index in [4.69, 9.17) is 25.8 Å². The molecular formula is C18H20ClNO4. The van der Waals surface area contributed by atoms with Crippen LogP contribution < -0.4 is 19.5 Å². The van der Waals surface area contributed by atoms with Crippen LogP contribution in [0, 0.1) is 0 Å². The van der Waals surface area contributed by atoms with Gasteiger partial charge in [0.25, 0.3) is 5.91 Å². The van der Waals surface area contributed by atoms with Crippen LogP contribution in [0.15, 0.2) is 42.5 Å². The third-order valence-electron chi connectivity index (χ3n) is 3.35. The summed E-state index contributed by atoms with van der Waals surface area (Å²) in [6.07, 6.45) is 0. The summed E-state index contributed by atoms with van der Waals surface area (Å²) in [7, 11) is 3.11. The molecule has 0 fully saturated rings. The van der Waals surface area contributed by atoms with Gasteiger partial charge in [-0.05, 0) is 37.3 Å². The number of carbonyl (C=O) groups excluding carboxylic acids is 1. The standard InChI is InChI=1S/C18H20ClNO4/c1-12(11-24-17-7-5-4-6-16(17)23-3)20-18(21)13-8-9-15(22-2)14(19)10-13/h4-10,12H,11H2,1-3H3,(H,20,21). The second kappa shape index (κ2) is 8.45. The summed E-state index contributed by atoms with van der Waals surface area (Å²) in [4.78, 5) is 12.3. The van der Waals surface area contributed by atoms with Gasteiger partial charge >= 0.3 is 0 Å². The summed E-state index contributed by atoms with van der Waals surface area (Å²) in [6, 6.07) is 12.1. The highest BCUT2D eigenvalue weighted by atomic mass is 35.5. The van der Waals surface area contributed by atoms with Crippen molar-refractivity contribution >= 4 is 17.5 Å². The maximum Gasteiger partial charge on any atom is 0.251 e. The molecule has 0 radical (unpaired) electrons. The molecule has 0 bridgehead atoms. The molecule has 0 heterocycles. The van der Waals surface area contributed by atoms with Crippen molar-refractivity contribution in [1.29, 1.82) is 0 Å². The number of rotatable bonds is 7. The molecule has 1 atom stereocenters. The van der Waals surface area contributed by atoms with Crippen molar-refractivity contribution in [3.05, 3.63) is 53.1 Å². The molecule has 0 saturated heterocycles. The summed E-state index contributed by atoms with van der Waals surface area (Å²) >= 11 is 6.04. The van der Waals surface area contributed by atoms with E-state index in [0.717, 1.165) is 0 Å². The third kappa shape index (κ3) is 4.55. The van der Waals surface area contributed by atoms with Crippen LogP contribution >= 0.6 is 11.6 Å². The molecule has 5 nitrogen and oxygen atoms in total. The van der Waals surface area contributed by atoms with Gasteiger partial charge < -0.3 is 19.5 Å². The van der Waals surface area contributed by atoms with Gasteiger partial charge in [-0.15, -0.1) is 0 Å². The van der Waals surface area contributed by atoms with Crippen molar-refractivity contribution in [3.8, 4) is 17.2 Å². The number of ether oxygens (including phenoxy) is 3. The van der Waals surface area contributed by atoms with E-state index in [9.17, 15) is 4.79 Å². The Labute approximate surface area is 146 Å². The first-order valence-electron chi connectivity index (χ1n) is 7.45. The van der Waals surface area contributed by atoms with E-state index < -0.39 is 0 Å². The first-order valence-corrected chi connectivity index (χ1v) is 7.83. The molecule has 2 aromatic rings. The Morgan fingerprint density at radius 3 is 2.38 bits per heavy atom. The smallest absolute Gasteiger partial charge is 0.251 e. The van der Waals surface area contributed by atoms with Gasteiger partial charge in [0.2, 0.25) is 0 Å². The molecule has 6 heteroatoms. The molecule has 1 N–H and O–H groups in total. The van der Waals surface area contributed by atoms with E-state index in [1.54, 1.807) is 25.3 Å². The average molecular weight is 350 g/mol. The lowest BCUT2D eigenvalue weighted by Crippen LogP contribution is -2.36. The average Bonchev–Trinajstić information content (AvgIpc) is 2.60. The highest BCUT2D eigenvalue weighted by Crippen LogP contribution is 2.26. The number of benzene rings is 2.